The summed E-state index contributed by atoms with van der Waals surface area (Å²) in [5.74, 6) is 1.62. The van der Waals surface area contributed by atoms with E-state index in [2.05, 4.69) is 27.5 Å². The fourth-order valence-electron chi connectivity index (χ4n) is 1.61. The SMILES string of the molecule is CCCNc1cc(NC(C)(C)CCO)nc(SC)n1. The zero-order valence-corrected chi connectivity index (χ0v) is 13.0. The molecule has 1 heterocycles. The van der Waals surface area contributed by atoms with Gasteiger partial charge >= 0.3 is 0 Å². The van der Waals surface area contributed by atoms with Crippen molar-refractivity contribution in [2.75, 3.05) is 30.0 Å². The topological polar surface area (TPSA) is 70.1 Å². The largest absolute Gasteiger partial charge is 0.396 e. The van der Waals surface area contributed by atoms with Crippen LogP contribution in [0.4, 0.5) is 11.6 Å². The molecule has 0 aliphatic heterocycles. The Hall–Kier alpha value is -1.01. The highest BCUT2D eigenvalue weighted by Crippen LogP contribution is 2.21. The molecular weight excluding hydrogens is 260 g/mol. The fraction of sp³-hybridized carbons (Fsp3) is 0.692. The highest BCUT2D eigenvalue weighted by Gasteiger charge is 2.18. The van der Waals surface area contributed by atoms with Crippen LogP contribution in [0.15, 0.2) is 11.2 Å². The number of aromatic nitrogens is 2. The van der Waals surface area contributed by atoms with Crippen molar-refractivity contribution >= 4 is 23.4 Å². The van der Waals surface area contributed by atoms with Crippen LogP contribution in [0, 0.1) is 0 Å². The summed E-state index contributed by atoms with van der Waals surface area (Å²) in [5, 5.41) is 16.4. The highest BCUT2D eigenvalue weighted by molar-refractivity contribution is 7.98. The second-order valence-corrected chi connectivity index (χ2v) is 5.81. The number of nitrogens with zero attached hydrogens (tertiary/aromatic N) is 2. The second kappa shape index (κ2) is 7.55. The maximum Gasteiger partial charge on any atom is 0.191 e. The molecule has 108 valence electrons. The summed E-state index contributed by atoms with van der Waals surface area (Å²) in [7, 11) is 0. The standard InChI is InChI=1S/C13H24N4OS/c1-5-7-14-10-9-11(16-12(15-10)19-4)17-13(2,3)6-8-18/h9,18H,5-8H2,1-4H3,(H2,14,15,16,17). The van der Waals surface area contributed by atoms with Gasteiger partial charge in [-0.05, 0) is 32.9 Å². The first-order valence-corrected chi connectivity index (χ1v) is 7.79. The van der Waals surface area contributed by atoms with Crippen molar-refractivity contribution in [2.24, 2.45) is 0 Å². The number of hydrogen-bond acceptors (Lipinski definition) is 6. The third-order valence-electron chi connectivity index (χ3n) is 2.65. The zero-order chi connectivity index (χ0) is 14.3. The lowest BCUT2D eigenvalue weighted by Gasteiger charge is -2.26. The average molecular weight is 284 g/mol. The van der Waals surface area contributed by atoms with Crippen molar-refractivity contribution < 1.29 is 5.11 Å². The quantitative estimate of drug-likeness (QED) is 0.503. The van der Waals surface area contributed by atoms with Gasteiger partial charge in [-0.3, -0.25) is 0 Å². The van der Waals surface area contributed by atoms with E-state index in [9.17, 15) is 0 Å². The van der Waals surface area contributed by atoms with Crippen LogP contribution >= 0.6 is 11.8 Å². The second-order valence-electron chi connectivity index (χ2n) is 5.03. The molecule has 1 aromatic heterocycles. The van der Waals surface area contributed by atoms with Gasteiger partial charge in [-0.1, -0.05) is 18.7 Å². The molecule has 0 bridgehead atoms. The Labute approximate surface area is 119 Å². The number of aliphatic hydroxyl groups excluding tert-OH is 1. The van der Waals surface area contributed by atoms with Crippen LogP contribution in [0.5, 0.6) is 0 Å². The molecule has 0 amide bonds. The molecule has 0 unspecified atom stereocenters. The van der Waals surface area contributed by atoms with E-state index in [0.717, 1.165) is 29.8 Å². The molecular formula is C13H24N4OS. The van der Waals surface area contributed by atoms with E-state index in [-0.39, 0.29) is 12.1 Å². The molecule has 0 aliphatic carbocycles. The van der Waals surface area contributed by atoms with Gasteiger partial charge in [-0.25, -0.2) is 9.97 Å². The molecule has 0 saturated carbocycles. The lowest BCUT2D eigenvalue weighted by Crippen LogP contribution is -2.32. The summed E-state index contributed by atoms with van der Waals surface area (Å²) in [6, 6.07) is 1.91. The summed E-state index contributed by atoms with van der Waals surface area (Å²) in [5.41, 5.74) is -0.194. The molecule has 0 spiro atoms. The number of rotatable bonds is 8. The smallest absolute Gasteiger partial charge is 0.191 e. The third kappa shape index (κ3) is 5.65. The van der Waals surface area contributed by atoms with E-state index >= 15 is 0 Å². The molecule has 0 aromatic carbocycles. The Kier molecular flexibility index (Phi) is 6.37. The van der Waals surface area contributed by atoms with Crippen LogP contribution in [0.2, 0.25) is 0 Å². The third-order valence-corrected chi connectivity index (χ3v) is 3.20. The first kappa shape index (κ1) is 16.0. The predicted octanol–water partition coefficient (Wildman–Crippen LogP) is 2.59. The van der Waals surface area contributed by atoms with Crippen molar-refractivity contribution in [1.29, 1.82) is 0 Å². The van der Waals surface area contributed by atoms with Crippen LogP contribution < -0.4 is 10.6 Å². The molecule has 1 aromatic rings. The van der Waals surface area contributed by atoms with Gasteiger partial charge in [-0.15, -0.1) is 0 Å². The summed E-state index contributed by atoms with van der Waals surface area (Å²) in [6.07, 6.45) is 3.68. The van der Waals surface area contributed by atoms with E-state index in [4.69, 9.17) is 5.11 Å². The van der Waals surface area contributed by atoms with E-state index in [1.54, 1.807) is 0 Å². The molecule has 5 nitrogen and oxygen atoms in total. The predicted molar refractivity (Wildman–Crippen MR) is 82.0 cm³/mol. The normalized spacial score (nSPS) is 11.4. The molecule has 3 N–H and O–H groups in total. The Bertz CT molecular complexity index is 398. The maximum atomic E-state index is 9.06. The van der Waals surface area contributed by atoms with E-state index in [0.29, 0.717) is 6.42 Å². The van der Waals surface area contributed by atoms with Crippen molar-refractivity contribution in [1.82, 2.24) is 9.97 Å². The fourth-order valence-corrected chi connectivity index (χ4v) is 1.99. The number of hydrogen-bond donors (Lipinski definition) is 3. The molecule has 0 radical (unpaired) electrons. The van der Waals surface area contributed by atoms with Gasteiger partial charge in [0.1, 0.15) is 11.6 Å². The van der Waals surface area contributed by atoms with Crippen molar-refractivity contribution in [3.8, 4) is 0 Å². The summed E-state index contributed by atoms with van der Waals surface area (Å²) in [6.45, 7) is 7.26. The summed E-state index contributed by atoms with van der Waals surface area (Å²) < 4.78 is 0. The van der Waals surface area contributed by atoms with Crippen molar-refractivity contribution in [3.63, 3.8) is 0 Å². The minimum Gasteiger partial charge on any atom is -0.396 e. The Morgan fingerprint density at radius 2 is 2.00 bits per heavy atom. The minimum absolute atomic E-state index is 0.154. The van der Waals surface area contributed by atoms with E-state index in [1.165, 1.54) is 11.8 Å². The Morgan fingerprint density at radius 3 is 2.58 bits per heavy atom. The number of anilines is 2. The lowest BCUT2D eigenvalue weighted by atomic mass is 10.0. The van der Waals surface area contributed by atoms with Crippen molar-refractivity contribution in [3.05, 3.63) is 6.07 Å². The van der Waals surface area contributed by atoms with Gasteiger partial charge in [0.25, 0.3) is 0 Å². The van der Waals surface area contributed by atoms with Crippen LogP contribution in [-0.2, 0) is 0 Å². The molecule has 19 heavy (non-hydrogen) atoms. The van der Waals surface area contributed by atoms with Gasteiger partial charge < -0.3 is 15.7 Å². The van der Waals surface area contributed by atoms with E-state index in [1.807, 2.05) is 26.2 Å². The Morgan fingerprint density at radius 1 is 1.32 bits per heavy atom. The molecule has 0 saturated heterocycles. The van der Waals surface area contributed by atoms with Crippen LogP contribution in [0.1, 0.15) is 33.6 Å². The van der Waals surface area contributed by atoms with Crippen molar-refractivity contribution in [2.45, 2.75) is 44.3 Å². The number of aliphatic hydroxyl groups is 1. The lowest BCUT2D eigenvalue weighted by molar-refractivity contribution is 0.260. The summed E-state index contributed by atoms with van der Waals surface area (Å²) in [4.78, 5) is 8.86. The Balaban J connectivity index is 2.87. The van der Waals surface area contributed by atoms with E-state index < -0.39 is 0 Å². The van der Waals surface area contributed by atoms with Gasteiger partial charge in [-0.2, -0.15) is 0 Å². The molecule has 1 rings (SSSR count). The molecule has 6 heteroatoms. The highest BCUT2D eigenvalue weighted by atomic mass is 32.2. The number of nitrogens with one attached hydrogen (secondary N) is 2. The molecule has 0 atom stereocenters. The molecule has 0 aliphatic rings. The van der Waals surface area contributed by atoms with Gasteiger partial charge in [0.15, 0.2) is 5.16 Å². The van der Waals surface area contributed by atoms with Crippen LogP contribution in [0.3, 0.4) is 0 Å². The minimum atomic E-state index is -0.194. The van der Waals surface area contributed by atoms with Crippen LogP contribution in [0.25, 0.3) is 0 Å². The van der Waals surface area contributed by atoms with Crippen LogP contribution in [-0.4, -0.2) is 40.0 Å². The van der Waals surface area contributed by atoms with Gasteiger partial charge in [0.2, 0.25) is 0 Å². The van der Waals surface area contributed by atoms with Gasteiger partial charge in [0, 0.05) is 24.8 Å². The first-order chi connectivity index (χ1) is 9.00. The number of thioether (sulfide) groups is 1. The average Bonchev–Trinajstić information content (AvgIpc) is 2.35. The monoisotopic (exact) mass is 284 g/mol. The molecule has 0 fully saturated rings. The first-order valence-electron chi connectivity index (χ1n) is 6.56. The zero-order valence-electron chi connectivity index (χ0n) is 12.2. The van der Waals surface area contributed by atoms with Gasteiger partial charge in [0.05, 0.1) is 0 Å². The maximum absolute atomic E-state index is 9.06. The summed E-state index contributed by atoms with van der Waals surface area (Å²) >= 11 is 1.52.